The summed E-state index contributed by atoms with van der Waals surface area (Å²) in [6, 6.07) is 6.72. The van der Waals surface area contributed by atoms with E-state index >= 15 is 0 Å². The van der Waals surface area contributed by atoms with E-state index in [0.717, 1.165) is 0 Å². The van der Waals surface area contributed by atoms with Crippen LogP contribution in [-0.4, -0.2) is 17.3 Å². The normalized spacial score (nSPS) is 17.4. The van der Waals surface area contributed by atoms with Crippen LogP contribution in [0.4, 0.5) is 5.69 Å². The maximum absolute atomic E-state index is 2.31. The Kier molecular flexibility index (Phi) is 3.29. The summed E-state index contributed by atoms with van der Waals surface area (Å²) >= 11 is 0. The fraction of sp³-hybridized carbons (Fsp3) is 0.462. The molecule has 0 amide bonds. The molecule has 15 heavy (non-hydrogen) atoms. The molecule has 0 spiro atoms. The molecule has 1 heterocycles. The van der Waals surface area contributed by atoms with Gasteiger partial charge in [0, 0.05) is 18.6 Å². The van der Waals surface area contributed by atoms with E-state index in [1.54, 1.807) is 0 Å². The Morgan fingerprint density at radius 3 is 2.33 bits per heavy atom. The molecule has 1 aromatic carbocycles. The Hall–Kier alpha value is -0.380. The lowest BCUT2D eigenvalue weighted by atomic mass is 9.82. The van der Waals surface area contributed by atoms with Gasteiger partial charge in [-0.25, -0.2) is 4.58 Å². The molecule has 0 fully saturated rings. The number of fused-ring (bicyclic) bond motifs is 1. The van der Waals surface area contributed by atoms with E-state index in [1.807, 2.05) is 0 Å². The number of halogens is 1. The molecule has 1 aromatic rings. The number of rotatable bonds is 0. The van der Waals surface area contributed by atoms with Crippen molar-refractivity contribution in [3.8, 4) is 0 Å². The van der Waals surface area contributed by atoms with E-state index in [-0.39, 0.29) is 29.4 Å². The zero-order valence-corrected chi connectivity index (χ0v) is 12.2. The minimum absolute atomic E-state index is 0. The monoisotopic (exact) mass is 315 g/mol. The second kappa shape index (κ2) is 3.89. The number of nitrogens with zero attached hydrogens (tertiary/aromatic N) is 1. The largest absolute Gasteiger partial charge is 1.00 e. The van der Waals surface area contributed by atoms with Crippen LogP contribution >= 0.6 is 0 Å². The standard InChI is InChI=1S/C13H18N.HI/c1-9-6-7-12-11(8-9)13(3,4)10(2)14(12)5;/h6-8H,1-5H3;1H/q+1;/p-1. The minimum Gasteiger partial charge on any atom is -1.00 e. The first-order valence-electron chi connectivity index (χ1n) is 5.13. The van der Waals surface area contributed by atoms with Crippen molar-refractivity contribution in [3.63, 3.8) is 0 Å². The molecule has 82 valence electrons. The van der Waals surface area contributed by atoms with E-state index in [1.165, 1.54) is 22.5 Å². The van der Waals surface area contributed by atoms with Crippen LogP contribution in [0.1, 0.15) is 31.9 Å². The fourth-order valence-electron chi connectivity index (χ4n) is 2.24. The number of hydrogen-bond acceptors (Lipinski definition) is 0. The first kappa shape index (κ1) is 12.7. The second-order valence-corrected chi connectivity index (χ2v) is 4.79. The molecule has 0 saturated heterocycles. The van der Waals surface area contributed by atoms with Gasteiger partial charge >= 0.3 is 0 Å². The lowest BCUT2D eigenvalue weighted by Crippen LogP contribution is -3.00. The maximum atomic E-state index is 2.31. The van der Waals surface area contributed by atoms with Crippen LogP contribution in [0.5, 0.6) is 0 Å². The molecular weight excluding hydrogens is 297 g/mol. The van der Waals surface area contributed by atoms with E-state index in [4.69, 9.17) is 0 Å². The van der Waals surface area contributed by atoms with Crippen molar-refractivity contribution in [2.24, 2.45) is 0 Å². The summed E-state index contributed by atoms with van der Waals surface area (Å²) in [6.07, 6.45) is 0. The smallest absolute Gasteiger partial charge is 0.209 e. The highest BCUT2D eigenvalue weighted by molar-refractivity contribution is 5.93. The first-order chi connectivity index (χ1) is 6.44. The average molecular weight is 315 g/mol. The van der Waals surface area contributed by atoms with Gasteiger partial charge in [-0.1, -0.05) is 11.6 Å². The first-order valence-corrected chi connectivity index (χ1v) is 5.13. The molecule has 0 N–H and O–H groups in total. The van der Waals surface area contributed by atoms with Crippen LogP contribution in [0.15, 0.2) is 18.2 Å². The molecular formula is C13H18IN. The topological polar surface area (TPSA) is 3.01 Å². The quantitative estimate of drug-likeness (QED) is 0.469. The number of aryl methyl sites for hydroxylation is 1. The Morgan fingerprint density at radius 2 is 1.73 bits per heavy atom. The highest BCUT2D eigenvalue weighted by atomic mass is 127. The van der Waals surface area contributed by atoms with Gasteiger partial charge in [0.1, 0.15) is 7.05 Å². The van der Waals surface area contributed by atoms with E-state index in [9.17, 15) is 0 Å². The predicted octanol–water partition coefficient (Wildman–Crippen LogP) is 0.0249. The van der Waals surface area contributed by atoms with Crippen LogP contribution in [-0.2, 0) is 5.41 Å². The molecule has 0 saturated carbocycles. The van der Waals surface area contributed by atoms with Gasteiger partial charge < -0.3 is 24.0 Å². The van der Waals surface area contributed by atoms with Crippen molar-refractivity contribution in [1.82, 2.24) is 0 Å². The zero-order valence-electron chi connectivity index (χ0n) is 10.1. The lowest BCUT2D eigenvalue weighted by Gasteiger charge is -2.15. The van der Waals surface area contributed by atoms with Crippen LogP contribution in [0.2, 0.25) is 0 Å². The summed E-state index contributed by atoms with van der Waals surface area (Å²) in [7, 11) is 2.15. The van der Waals surface area contributed by atoms with Gasteiger partial charge in [-0.05, 0) is 26.8 Å². The minimum atomic E-state index is 0. The van der Waals surface area contributed by atoms with E-state index in [2.05, 4.69) is 57.5 Å². The molecule has 0 aromatic heterocycles. The molecule has 1 nitrogen and oxygen atoms in total. The molecule has 0 radical (unpaired) electrons. The highest BCUT2D eigenvalue weighted by Gasteiger charge is 2.41. The Morgan fingerprint density at radius 1 is 1.13 bits per heavy atom. The van der Waals surface area contributed by atoms with Crippen LogP contribution in [0.3, 0.4) is 0 Å². The van der Waals surface area contributed by atoms with Gasteiger partial charge in [-0.15, -0.1) is 0 Å². The maximum Gasteiger partial charge on any atom is 0.209 e. The molecule has 1 aliphatic rings. The summed E-state index contributed by atoms with van der Waals surface area (Å²) in [6.45, 7) is 8.97. The molecule has 1 aliphatic heterocycles. The summed E-state index contributed by atoms with van der Waals surface area (Å²) in [5, 5.41) is 0. The molecule has 0 unspecified atom stereocenters. The summed E-state index contributed by atoms with van der Waals surface area (Å²) < 4.78 is 2.30. The summed E-state index contributed by atoms with van der Waals surface area (Å²) in [5.74, 6) is 0. The van der Waals surface area contributed by atoms with Gasteiger partial charge in [-0.3, -0.25) is 0 Å². The van der Waals surface area contributed by atoms with Gasteiger partial charge in [0.15, 0.2) is 5.71 Å². The molecule has 2 heteroatoms. The van der Waals surface area contributed by atoms with Crippen molar-refractivity contribution < 1.29 is 28.6 Å². The van der Waals surface area contributed by atoms with Gasteiger partial charge in [0.2, 0.25) is 5.69 Å². The van der Waals surface area contributed by atoms with Gasteiger partial charge in [0.25, 0.3) is 0 Å². The van der Waals surface area contributed by atoms with Crippen LogP contribution in [0, 0.1) is 6.92 Å². The SMILES string of the molecule is CC1=[N+](C)c2ccc(C)cc2C1(C)C.[I-]. The van der Waals surface area contributed by atoms with Crippen molar-refractivity contribution in [2.45, 2.75) is 33.1 Å². The number of benzene rings is 1. The van der Waals surface area contributed by atoms with Crippen LogP contribution in [0.25, 0.3) is 0 Å². The van der Waals surface area contributed by atoms with Crippen molar-refractivity contribution >= 4 is 11.4 Å². The third-order valence-electron chi connectivity index (χ3n) is 3.59. The zero-order chi connectivity index (χ0) is 10.5. The average Bonchev–Trinajstić information content (AvgIpc) is 2.29. The summed E-state index contributed by atoms with van der Waals surface area (Å²) in [4.78, 5) is 0. The van der Waals surface area contributed by atoms with Crippen LogP contribution < -0.4 is 24.0 Å². The van der Waals surface area contributed by atoms with Gasteiger partial charge in [-0.2, -0.15) is 0 Å². The highest BCUT2D eigenvalue weighted by Crippen LogP contribution is 2.38. The lowest BCUT2D eigenvalue weighted by molar-refractivity contribution is -0.403. The van der Waals surface area contributed by atoms with E-state index in [0.29, 0.717) is 0 Å². The van der Waals surface area contributed by atoms with Crippen molar-refractivity contribution in [3.05, 3.63) is 29.3 Å². The Balaban J connectivity index is 0.00000112. The Bertz CT molecular complexity index is 430. The molecule has 2 rings (SSSR count). The summed E-state index contributed by atoms with van der Waals surface area (Å²) in [5.41, 5.74) is 5.78. The second-order valence-electron chi connectivity index (χ2n) is 4.79. The number of hydrogen-bond donors (Lipinski definition) is 0. The van der Waals surface area contributed by atoms with Crippen molar-refractivity contribution in [1.29, 1.82) is 0 Å². The van der Waals surface area contributed by atoms with Gasteiger partial charge in [0.05, 0.1) is 5.41 Å². The molecule has 0 bridgehead atoms. The fourth-order valence-corrected chi connectivity index (χ4v) is 2.24. The molecule has 0 aliphatic carbocycles. The Labute approximate surface area is 109 Å². The van der Waals surface area contributed by atoms with E-state index < -0.39 is 0 Å². The van der Waals surface area contributed by atoms with Crippen molar-refractivity contribution in [2.75, 3.05) is 7.05 Å². The predicted molar refractivity (Wildman–Crippen MR) is 60.7 cm³/mol. The third kappa shape index (κ3) is 1.73. The molecule has 0 atom stereocenters. The third-order valence-corrected chi connectivity index (χ3v) is 3.59.